The van der Waals surface area contributed by atoms with Crippen LogP contribution in [-0.2, 0) is 4.79 Å². The predicted molar refractivity (Wildman–Crippen MR) is 66.2 cm³/mol. The van der Waals surface area contributed by atoms with Crippen molar-refractivity contribution in [1.29, 1.82) is 0 Å². The van der Waals surface area contributed by atoms with E-state index < -0.39 is 0 Å². The Kier molecular flexibility index (Phi) is 5.22. The third-order valence-electron chi connectivity index (χ3n) is 3.10. The quantitative estimate of drug-likeness (QED) is 0.732. The second-order valence-corrected chi connectivity index (χ2v) is 4.98. The van der Waals surface area contributed by atoms with E-state index in [2.05, 4.69) is 24.1 Å². The third-order valence-corrected chi connectivity index (χ3v) is 3.10. The Labute approximate surface area is 99.0 Å². The molecule has 0 radical (unpaired) electrons. The Morgan fingerprint density at radius 2 is 2.25 bits per heavy atom. The fourth-order valence-electron chi connectivity index (χ4n) is 2.21. The van der Waals surface area contributed by atoms with Crippen molar-refractivity contribution in [3.63, 3.8) is 0 Å². The van der Waals surface area contributed by atoms with Crippen LogP contribution >= 0.6 is 0 Å². The topological polar surface area (TPSA) is 35.6 Å². The molecule has 4 heteroatoms. The number of carbonyl (C=O) groups excluding carboxylic acids is 1. The van der Waals surface area contributed by atoms with Crippen LogP contribution < -0.4 is 5.32 Å². The number of hydrogen-bond donors (Lipinski definition) is 1. The van der Waals surface area contributed by atoms with E-state index in [1.54, 1.807) is 0 Å². The van der Waals surface area contributed by atoms with Gasteiger partial charge in [0.25, 0.3) is 0 Å². The summed E-state index contributed by atoms with van der Waals surface area (Å²) in [6, 6.07) is 0.353. The molecule has 1 aliphatic rings. The van der Waals surface area contributed by atoms with Gasteiger partial charge in [0.2, 0.25) is 5.91 Å². The highest BCUT2D eigenvalue weighted by Gasteiger charge is 2.33. The van der Waals surface area contributed by atoms with Gasteiger partial charge in [0.05, 0.1) is 12.7 Å². The molecule has 1 fully saturated rings. The molecule has 0 spiro atoms. The average molecular weight is 227 g/mol. The Morgan fingerprint density at radius 3 is 2.81 bits per heavy atom. The Hall–Kier alpha value is -0.610. The number of hydrogen-bond acceptors (Lipinski definition) is 3. The molecule has 0 aromatic rings. The second-order valence-electron chi connectivity index (χ2n) is 4.98. The number of carbonyl (C=O) groups is 1. The lowest BCUT2D eigenvalue weighted by Crippen LogP contribution is -2.42. The van der Waals surface area contributed by atoms with Gasteiger partial charge in [-0.1, -0.05) is 19.8 Å². The molecule has 1 heterocycles. The van der Waals surface area contributed by atoms with Gasteiger partial charge in [-0.3, -0.25) is 10.1 Å². The Bertz CT molecular complexity index is 230. The van der Waals surface area contributed by atoms with Crippen molar-refractivity contribution < 1.29 is 4.79 Å². The summed E-state index contributed by atoms with van der Waals surface area (Å²) in [5.74, 6) is 0.280. The van der Waals surface area contributed by atoms with Gasteiger partial charge in [-0.2, -0.15) is 0 Å². The molecule has 2 atom stereocenters. The molecule has 0 aromatic carbocycles. The summed E-state index contributed by atoms with van der Waals surface area (Å²) in [4.78, 5) is 16.2. The molecule has 1 N–H and O–H groups in total. The maximum absolute atomic E-state index is 12.1. The van der Waals surface area contributed by atoms with E-state index in [-0.39, 0.29) is 11.9 Å². The molecule has 1 saturated heterocycles. The van der Waals surface area contributed by atoms with Gasteiger partial charge in [0, 0.05) is 12.6 Å². The monoisotopic (exact) mass is 227 g/mol. The molecule has 4 nitrogen and oxygen atoms in total. The number of nitrogens with zero attached hydrogens (tertiary/aromatic N) is 2. The van der Waals surface area contributed by atoms with E-state index >= 15 is 0 Å². The summed E-state index contributed by atoms with van der Waals surface area (Å²) >= 11 is 0. The van der Waals surface area contributed by atoms with Gasteiger partial charge < -0.3 is 9.80 Å². The van der Waals surface area contributed by atoms with Crippen molar-refractivity contribution in [3.05, 3.63) is 0 Å². The molecular weight excluding hydrogens is 202 g/mol. The van der Waals surface area contributed by atoms with Gasteiger partial charge in [-0.05, 0) is 27.4 Å². The van der Waals surface area contributed by atoms with E-state index in [1.807, 2.05) is 19.0 Å². The van der Waals surface area contributed by atoms with Crippen LogP contribution in [0.4, 0.5) is 0 Å². The molecule has 16 heavy (non-hydrogen) atoms. The van der Waals surface area contributed by atoms with Gasteiger partial charge in [-0.15, -0.1) is 0 Å². The zero-order chi connectivity index (χ0) is 12.1. The van der Waals surface area contributed by atoms with Gasteiger partial charge in [0.15, 0.2) is 0 Å². The highest BCUT2D eigenvalue weighted by atomic mass is 16.2. The number of rotatable bonds is 6. The smallest absolute Gasteiger partial charge is 0.241 e. The second kappa shape index (κ2) is 6.21. The molecule has 0 aliphatic carbocycles. The summed E-state index contributed by atoms with van der Waals surface area (Å²) in [7, 11) is 4.08. The van der Waals surface area contributed by atoms with Crippen LogP contribution in [0.15, 0.2) is 0 Å². The molecule has 1 rings (SSSR count). The van der Waals surface area contributed by atoms with E-state index in [0.717, 1.165) is 25.8 Å². The first kappa shape index (κ1) is 13.5. The van der Waals surface area contributed by atoms with Crippen molar-refractivity contribution in [1.82, 2.24) is 15.1 Å². The van der Waals surface area contributed by atoms with Crippen molar-refractivity contribution >= 4 is 5.91 Å². The van der Waals surface area contributed by atoms with Crippen LogP contribution in [0.2, 0.25) is 0 Å². The molecule has 0 saturated carbocycles. The van der Waals surface area contributed by atoms with E-state index in [9.17, 15) is 4.79 Å². The van der Waals surface area contributed by atoms with Crippen LogP contribution in [0.5, 0.6) is 0 Å². The molecular formula is C12H25N3O. The molecule has 1 aliphatic heterocycles. The highest BCUT2D eigenvalue weighted by molar-refractivity contribution is 5.84. The first-order valence-electron chi connectivity index (χ1n) is 6.24. The van der Waals surface area contributed by atoms with Crippen LogP contribution in [0.25, 0.3) is 0 Å². The zero-order valence-corrected chi connectivity index (χ0v) is 11.0. The molecule has 2 unspecified atom stereocenters. The van der Waals surface area contributed by atoms with Crippen LogP contribution in [0, 0.1) is 0 Å². The highest BCUT2D eigenvalue weighted by Crippen LogP contribution is 2.13. The summed E-state index contributed by atoms with van der Waals surface area (Å²) in [6.07, 6.45) is 3.25. The van der Waals surface area contributed by atoms with E-state index in [1.165, 1.54) is 0 Å². The Morgan fingerprint density at radius 1 is 1.56 bits per heavy atom. The molecule has 94 valence electrons. The minimum Gasteiger partial charge on any atom is -0.325 e. The minimum atomic E-state index is 0.0598. The maximum Gasteiger partial charge on any atom is 0.241 e. The van der Waals surface area contributed by atoms with Crippen molar-refractivity contribution in [2.24, 2.45) is 0 Å². The minimum absolute atomic E-state index is 0.0598. The zero-order valence-electron chi connectivity index (χ0n) is 11.0. The van der Waals surface area contributed by atoms with Crippen LogP contribution in [-0.4, -0.2) is 55.1 Å². The third kappa shape index (κ3) is 3.46. The first-order valence-corrected chi connectivity index (χ1v) is 6.24. The van der Waals surface area contributed by atoms with Crippen molar-refractivity contribution in [2.75, 3.05) is 27.3 Å². The van der Waals surface area contributed by atoms with Gasteiger partial charge in [-0.25, -0.2) is 0 Å². The van der Waals surface area contributed by atoms with Gasteiger partial charge >= 0.3 is 0 Å². The average Bonchev–Trinajstić information content (AvgIpc) is 2.56. The number of likely N-dealkylation sites (N-methyl/N-ethyl adjacent to an activating group) is 1. The summed E-state index contributed by atoms with van der Waals surface area (Å²) < 4.78 is 0. The standard InChI is InChI=1S/C12H25N3O/c1-5-6-7-11-12(16)15(9-13-11)10(2)8-14(3)4/h10-11,13H,5-9H2,1-4H3. The maximum atomic E-state index is 12.1. The van der Waals surface area contributed by atoms with Crippen molar-refractivity contribution in [3.8, 4) is 0 Å². The number of amides is 1. The molecule has 1 amide bonds. The van der Waals surface area contributed by atoms with Crippen LogP contribution in [0.1, 0.15) is 33.1 Å². The fourth-order valence-corrected chi connectivity index (χ4v) is 2.21. The molecule has 0 aromatic heterocycles. The summed E-state index contributed by atoms with van der Waals surface area (Å²) in [6.45, 7) is 5.91. The normalized spacial score (nSPS) is 23.2. The first-order chi connectivity index (χ1) is 7.56. The SMILES string of the molecule is CCCCC1NCN(C(C)CN(C)C)C1=O. The van der Waals surface area contributed by atoms with E-state index in [0.29, 0.717) is 12.7 Å². The van der Waals surface area contributed by atoms with Gasteiger partial charge in [0.1, 0.15) is 0 Å². The lowest BCUT2D eigenvalue weighted by Gasteiger charge is -2.26. The largest absolute Gasteiger partial charge is 0.325 e. The summed E-state index contributed by atoms with van der Waals surface area (Å²) in [5, 5.41) is 3.30. The van der Waals surface area contributed by atoms with Crippen LogP contribution in [0.3, 0.4) is 0 Å². The predicted octanol–water partition coefficient (Wildman–Crippen LogP) is 0.885. The number of unbranched alkanes of at least 4 members (excludes halogenated alkanes) is 1. The summed E-state index contributed by atoms with van der Waals surface area (Å²) in [5.41, 5.74) is 0. The van der Waals surface area contributed by atoms with E-state index in [4.69, 9.17) is 0 Å². The Balaban J connectivity index is 2.43. The number of nitrogens with one attached hydrogen (secondary N) is 1. The fraction of sp³-hybridized carbons (Fsp3) is 0.917. The lowest BCUT2D eigenvalue weighted by atomic mass is 10.1. The lowest BCUT2D eigenvalue weighted by molar-refractivity contribution is -0.130. The molecule has 0 bridgehead atoms. The van der Waals surface area contributed by atoms with Crippen molar-refractivity contribution in [2.45, 2.75) is 45.2 Å².